The van der Waals surface area contributed by atoms with Crippen LogP contribution in [0.4, 0.5) is 10.6 Å². The van der Waals surface area contributed by atoms with Crippen molar-refractivity contribution < 1.29 is 4.79 Å². The van der Waals surface area contributed by atoms with E-state index in [2.05, 4.69) is 30.8 Å². The van der Waals surface area contributed by atoms with Crippen molar-refractivity contribution in [2.24, 2.45) is 23.2 Å². The van der Waals surface area contributed by atoms with E-state index in [9.17, 15) is 4.79 Å². The van der Waals surface area contributed by atoms with Crippen LogP contribution in [0, 0.1) is 23.2 Å². The Labute approximate surface area is 175 Å². The predicted molar refractivity (Wildman–Crippen MR) is 115 cm³/mol. The molecule has 0 spiro atoms. The fourth-order valence-corrected chi connectivity index (χ4v) is 6.58. The molecule has 3 aromatic rings. The molecule has 7 rings (SSSR count). The molecule has 7 heteroatoms. The van der Waals surface area contributed by atoms with Crippen LogP contribution in [-0.2, 0) is 0 Å². The van der Waals surface area contributed by atoms with Crippen LogP contribution >= 0.6 is 0 Å². The van der Waals surface area contributed by atoms with E-state index in [-0.39, 0.29) is 6.03 Å². The molecule has 3 N–H and O–H groups in total. The largest absolute Gasteiger partial charge is 0.337 e. The van der Waals surface area contributed by atoms with Crippen molar-refractivity contribution in [2.75, 3.05) is 11.9 Å². The van der Waals surface area contributed by atoms with Gasteiger partial charge in [-0.1, -0.05) is 0 Å². The highest BCUT2D eigenvalue weighted by Gasteiger charge is 2.50. The molecule has 0 unspecified atom stereocenters. The van der Waals surface area contributed by atoms with Gasteiger partial charge in [-0.3, -0.25) is 15.4 Å². The number of carbonyl (C=O) groups is 1. The maximum Gasteiger partial charge on any atom is 0.320 e. The van der Waals surface area contributed by atoms with E-state index in [1.807, 2.05) is 18.3 Å². The second kappa shape index (κ2) is 6.79. The predicted octanol–water partition coefficient (Wildman–Crippen LogP) is 4.36. The van der Waals surface area contributed by atoms with Crippen molar-refractivity contribution in [3.63, 3.8) is 0 Å². The third-order valence-electron chi connectivity index (χ3n) is 7.40. The van der Waals surface area contributed by atoms with Crippen LogP contribution in [0.5, 0.6) is 0 Å². The van der Waals surface area contributed by atoms with Gasteiger partial charge in [0.1, 0.15) is 5.82 Å². The summed E-state index contributed by atoms with van der Waals surface area (Å²) < 4.78 is 0. The standard InChI is InChI=1S/C23H26N6O/c30-22(25-13-23-7-14-3-15(8-23)5-16(4-14)9-23)29-21-2-1-19-20(28-21)6-17(10-24-19)18-11-26-27-12-18/h1-2,6,10-12,14-16H,3-5,7-9,13H2,(H,26,27)(H2,25,28,29,30). The van der Waals surface area contributed by atoms with E-state index in [1.165, 1.54) is 38.5 Å². The Morgan fingerprint density at radius 1 is 1.03 bits per heavy atom. The molecule has 7 nitrogen and oxygen atoms in total. The Hall–Kier alpha value is -2.96. The number of nitrogens with one attached hydrogen (secondary N) is 3. The fraction of sp³-hybridized carbons (Fsp3) is 0.478. The lowest BCUT2D eigenvalue weighted by atomic mass is 9.49. The first-order chi connectivity index (χ1) is 14.6. The Balaban J connectivity index is 1.14. The lowest BCUT2D eigenvalue weighted by Crippen LogP contribution is -2.51. The first-order valence-electron chi connectivity index (χ1n) is 10.9. The maximum absolute atomic E-state index is 12.6. The van der Waals surface area contributed by atoms with Gasteiger partial charge >= 0.3 is 6.03 Å². The third-order valence-corrected chi connectivity index (χ3v) is 7.40. The first-order valence-corrected chi connectivity index (χ1v) is 10.9. The zero-order chi connectivity index (χ0) is 20.1. The quantitative estimate of drug-likeness (QED) is 0.604. The molecular weight excluding hydrogens is 376 g/mol. The van der Waals surface area contributed by atoms with E-state index < -0.39 is 0 Å². The Morgan fingerprint density at radius 2 is 1.80 bits per heavy atom. The van der Waals surface area contributed by atoms with Gasteiger partial charge in [-0.25, -0.2) is 9.78 Å². The van der Waals surface area contributed by atoms with Crippen molar-refractivity contribution in [2.45, 2.75) is 38.5 Å². The molecule has 154 valence electrons. The maximum atomic E-state index is 12.6. The van der Waals surface area contributed by atoms with Gasteiger partial charge < -0.3 is 5.32 Å². The highest BCUT2D eigenvalue weighted by atomic mass is 16.2. The van der Waals surface area contributed by atoms with Crippen molar-refractivity contribution in [1.29, 1.82) is 0 Å². The average molecular weight is 403 g/mol. The van der Waals surface area contributed by atoms with Crippen LogP contribution in [0.3, 0.4) is 0 Å². The van der Waals surface area contributed by atoms with Crippen LogP contribution < -0.4 is 10.6 Å². The number of carbonyl (C=O) groups excluding carboxylic acids is 1. The second-order valence-corrected chi connectivity index (χ2v) is 9.67. The van der Waals surface area contributed by atoms with Gasteiger partial charge in [-0.15, -0.1) is 0 Å². The number of nitrogens with zero attached hydrogens (tertiary/aromatic N) is 3. The fourth-order valence-electron chi connectivity index (χ4n) is 6.58. The molecule has 4 aliphatic carbocycles. The molecule has 0 atom stereocenters. The summed E-state index contributed by atoms with van der Waals surface area (Å²) in [4.78, 5) is 21.7. The SMILES string of the molecule is O=C(NCC12CC3CC(CC(C3)C1)C2)Nc1ccc2ncc(-c3cn[nH]c3)cc2n1. The highest BCUT2D eigenvalue weighted by Crippen LogP contribution is 2.59. The third kappa shape index (κ3) is 3.22. The zero-order valence-electron chi connectivity index (χ0n) is 16.9. The molecule has 2 amide bonds. The summed E-state index contributed by atoms with van der Waals surface area (Å²) in [5.41, 5.74) is 3.76. The molecular formula is C23H26N6O. The molecule has 3 heterocycles. The van der Waals surface area contributed by atoms with E-state index in [4.69, 9.17) is 0 Å². The first kappa shape index (κ1) is 17.9. The molecule has 30 heavy (non-hydrogen) atoms. The Morgan fingerprint density at radius 3 is 2.50 bits per heavy atom. The lowest BCUT2D eigenvalue weighted by Gasteiger charge is -2.56. The van der Waals surface area contributed by atoms with Gasteiger partial charge in [-0.05, 0) is 79.9 Å². The lowest BCUT2D eigenvalue weighted by molar-refractivity contribution is -0.0496. The van der Waals surface area contributed by atoms with Gasteiger partial charge in [0.2, 0.25) is 0 Å². The van der Waals surface area contributed by atoms with Gasteiger partial charge in [0.15, 0.2) is 0 Å². The topological polar surface area (TPSA) is 95.6 Å². The second-order valence-electron chi connectivity index (χ2n) is 9.67. The molecule has 0 saturated heterocycles. The zero-order valence-corrected chi connectivity index (χ0v) is 16.9. The van der Waals surface area contributed by atoms with Crippen molar-refractivity contribution in [1.82, 2.24) is 25.5 Å². The summed E-state index contributed by atoms with van der Waals surface area (Å²) in [5, 5.41) is 12.9. The summed E-state index contributed by atoms with van der Waals surface area (Å²) in [5.74, 6) is 3.21. The smallest absolute Gasteiger partial charge is 0.320 e. The number of anilines is 1. The van der Waals surface area contributed by atoms with Crippen LogP contribution in [-0.4, -0.2) is 32.7 Å². The Bertz CT molecular complexity index is 1060. The van der Waals surface area contributed by atoms with Gasteiger partial charge in [0.05, 0.1) is 17.2 Å². The number of urea groups is 1. The number of fused-ring (bicyclic) bond motifs is 1. The summed E-state index contributed by atoms with van der Waals surface area (Å²) in [6.45, 7) is 0.780. The van der Waals surface area contributed by atoms with Crippen LogP contribution in [0.25, 0.3) is 22.2 Å². The number of aromatic amines is 1. The average Bonchev–Trinajstić information content (AvgIpc) is 3.26. The van der Waals surface area contributed by atoms with E-state index >= 15 is 0 Å². The molecule has 4 saturated carbocycles. The van der Waals surface area contributed by atoms with Gasteiger partial charge in [-0.2, -0.15) is 5.10 Å². The molecule has 4 fully saturated rings. The number of pyridine rings is 2. The molecule has 4 bridgehead atoms. The summed E-state index contributed by atoms with van der Waals surface area (Å²) in [6.07, 6.45) is 13.5. The van der Waals surface area contributed by atoms with Crippen LogP contribution in [0.2, 0.25) is 0 Å². The number of rotatable bonds is 4. The van der Waals surface area contributed by atoms with Crippen molar-refractivity contribution in [3.8, 4) is 11.1 Å². The van der Waals surface area contributed by atoms with Gasteiger partial charge in [0, 0.05) is 30.1 Å². The minimum Gasteiger partial charge on any atom is -0.337 e. The number of aromatic nitrogens is 4. The number of hydrogen-bond donors (Lipinski definition) is 3. The van der Waals surface area contributed by atoms with Crippen molar-refractivity contribution >= 4 is 22.9 Å². The normalized spacial score (nSPS) is 29.3. The van der Waals surface area contributed by atoms with Crippen LogP contribution in [0.15, 0.2) is 36.8 Å². The highest BCUT2D eigenvalue weighted by molar-refractivity contribution is 5.90. The summed E-state index contributed by atoms with van der Waals surface area (Å²) >= 11 is 0. The number of hydrogen-bond acceptors (Lipinski definition) is 4. The number of H-pyrrole nitrogens is 1. The minimum atomic E-state index is -0.170. The summed E-state index contributed by atoms with van der Waals surface area (Å²) in [7, 11) is 0. The van der Waals surface area contributed by atoms with E-state index in [0.717, 1.165) is 46.5 Å². The molecule has 4 aliphatic rings. The van der Waals surface area contributed by atoms with Crippen molar-refractivity contribution in [3.05, 3.63) is 36.8 Å². The molecule has 0 aliphatic heterocycles. The van der Waals surface area contributed by atoms with E-state index in [0.29, 0.717) is 11.2 Å². The van der Waals surface area contributed by atoms with E-state index in [1.54, 1.807) is 18.5 Å². The Kier molecular flexibility index (Phi) is 4.04. The monoisotopic (exact) mass is 402 g/mol. The number of amides is 2. The summed E-state index contributed by atoms with van der Waals surface area (Å²) in [6, 6.07) is 5.48. The molecule has 0 aromatic carbocycles. The molecule has 0 radical (unpaired) electrons. The van der Waals surface area contributed by atoms with Gasteiger partial charge in [0.25, 0.3) is 0 Å². The van der Waals surface area contributed by atoms with Crippen LogP contribution in [0.1, 0.15) is 38.5 Å². The minimum absolute atomic E-state index is 0.170. The molecule has 3 aromatic heterocycles.